The van der Waals surface area contributed by atoms with Crippen LogP contribution >= 0.6 is 0 Å². The lowest BCUT2D eigenvalue weighted by Gasteiger charge is -2.05. The summed E-state index contributed by atoms with van der Waals surface area (Å²) in [5, 5.41) is 12.7. The van der Waals surface area contributed by atoms with Crippen molar-refractivity contribution >= 4 is 0 Å². The minimum absolute atomic E-state index is 0.164. The van der Waals surface area contributed by atoms with Gasteiger partial charge >= 0.3 is 0 Å². The fraction of sp³-hybridized carbons (Fsp3) is 0.357. The number of nitrogens with zero attached hydrogens (tertiary/aromatic N) is 3. The fourth-order valence-electron chi connectivity index (χ4n) is 1.70. The third-order valence-electron chi connectivity index (χ3n) is 2.78. The van der Waals surface area contributed by atoms with Crippen LogP contribution in [0.1, 0.15) is 12.8 Å². The zero-order valence-electron chi connectivity index (χ0n) is 11.6. The molecule has 6 nitrogen and oxygen atoms in total. The van der Waals surface area contributed by atoms with Gasteiger partial charge in [0.25, 0.3) is 0 Å². The van der Waals surface area contributed by atoms with E-state index in [1.807, 2.05) is 0 Å². The van der Waals surface area contributed by atoms with Gasteiger partial charge in [0.15, 0.2) is 0 Å². The molecular weight excluding hydrogens is 258 g/mol. The molecule has 0 saturated heterocycles. The summed E-state index contributed by atoms with van der Waals surface area (Å²) in [5.41, 5.74) is 0.737. The SMILES string of the molecule is COc1cc(OC)cc(-c2noc(CC(C)C#N)n2)c1. The lowest BCUT2D eigenvalue weighted by Crippen LogP contribution is -1.96. The van der Waals surface area contributed by atoms with E-state index in [-0.39, 0.29) is 5.92 Å². The number of hydrogen-bond donors (Lipinski definition) is 0. The summed E-state index contributed by atoms with van der Waals surface area (Å²) in [6, 6.07) is 7.49. The summed E-state index contributed by atoms with van der Waals surface area (Å²) in [6.07, 6.45) is 0.435. The Labute approximate surface area is 116 Å². The Morgan fingerprint density at radius 1 is 1.25 bits per heavy atom. The zero-order valence-corrected chi connectivity index (χ0v) is 11.6. The van der Waals surface area contributed by atoms with E-state index in [9.17, 15) is 0 Å². The smallest absolute Gasteiger partial charge is 0.228 e. The molecule has 0 fully saturated rings. The van der Waals surface area contributed by atoms with Gasteiger partial charge in [-0.05, 0) is 19.1 Å². The maximum Gasteiger partial charge on any atom is 0.228 e. The molecule has 2 aromatic rings. The van der Waals surface area contributed by atoms with Crippen LogP contribution in [0.4, 0.5) is 0 Å². The minimum atomic E-state index is -0.164. The second kappa shape index (κ2) is 6.06. The van der Waals surface area contributed by atoms with Crippen molar-refractivity contribution in [1.29, 1.82) is 5.26 Å². The van der Waals surface area contributed by atoms with E-state index >= 15 is 0 Å². The van der Waals surface area contributed by atoms with E-state index < -0.39 is 0 Å². The predicted molar refractivity (Wildman–Crippen MR) is 71.3 cm³/mol. The molecular formula is C14H15N3O3. The Hall–Kier alpha value is -2.55. The third-order valence-corrected chi connectivity index (χ3v) is 2.78. The van der Waals surface area contributed by atoms with Crippen molar-refractivity contribution in [2.75, 3.05) is 14.2 Å². The number of aromatic nitrogens is 2. The summed E-state index contributed by atoms with van der Waals surface area (Å²) >= 11 is 0. The summed E-state index contributed by atoms with van der Waals surface area (Å²) in [6.45, 7) is 1.80. The highest BCUT2D eigenvalue weighted by Crippen LogP contribution is 2.28. The van der Waals surface area contributed by atoms with Gasteiger partial charge in [0.1, 0.15) is 11.5 Å². The maximum atomic E-state index is 8.78. The van der Waals surface area contributed by atoms with Crippen LogP contribution in [0.2, 0.25) is 0 Å². The van der Waals surface area contributed by atoms with Crippen LogP contribution in [0.15, 0.2) is 22.7 Å². The number of hydrogen-bond acceptors (Lipinski definition) is 6. The van der Waals surface area contributed by atoms with Crippen LogP contribution in [0, 0.1) is 17.2 Å². The second-order valence-corrected chi connectivity index (χ2v) is 4.35. The first-order chi connectivity index (χ1) is 9.66. The molecule has 0 aliphatic rings. The molecule has 0 N–H and O–H groups in total. The minimum Gasteiger partial charge on any atom is -0.497 e. The van der Waals surface area contributed by atoms with Gasteiger partial charge in [0, 0.05) is 18.1 Å². The highest BCUT2D eigenvalue weighted by molar-refractivity contribution is 5.60. The molecule has 2 rings (SSSR count). The number of rotatable bonds is 5. The van der Waals surface area contributed by atoms with Crippen molar-refractivity contribution in [2.45, 2.75) is 13.3 Å². The molecule has 104 valence electrons. The predicted octanol–water partition coefficient (Wildman–Crippen LogP) is 2.46. The van der Waals surface area contributed by atoms with Gasteiger partial charge < -0.3 is 14.0 Å². The molecule has 1 heterocycles. The van der Waals surface area contributed by atoms with Gasteiger partial charge in [-0.25, -0.2) is 0 Å². The van der Waals surface area contributed by atoms with Gasteiger partial charge in [-0.2, -0.15) is 10.2 Å². The molecule has 6 heteroatoms. The lowest BCUT2D eigenvalue weighted by molar-refractivity contribution is 0.369. The van der Waals surface area contributed by atoms with Gasteiger partial charge in [0.2, 0.25) is 11.7 Å². The highest BCUT2D eigenvalue weighted by Gasteiger charge is 2.13. The quantitative estimate of drug-likeness (QED) is 0.832. The Morgan fingerprint density at radius 3 is 2.45 bits per heavy atom. The van der Waals surface area contributed by atoms with E-state index in [4.69, 9.17) is 19.3 Å². The Kier molecular flexibility index (Phi) is 4.20. The standard InChI is InChI=1S/C14H15N3O3/c1-9(8-15)4-13-16-14(17-20-13)10-5-11(18-2)7-12(6-10)19-3/h5-7,9H,4H2,1-3H3. The Balaban J connectivity index is 2.30. The molecule has 0 aliphatic heterocycles. The van der Waals surface area contributed by atoms with Gasteiger partial charge in [-0.1, -0.05) is 5.16 Å². The Morgan fingerprint density at radius 2 is 1.90 bits per heavy atom. The molecule has 0 spiro atoms. The van der Waals surface area contributed by atoms with Gasteiger partial charge in [0.05, 0.1) is 26.2 Å². The molecule has 0 saturated carbocycles. The van der Waals surface area contributed by atoms with Crippen molar-refractivity contribution in [2.24, 2.45) is 5.92 Å². The fourth-order valence-corrected chi connectivity index (χ4v) is 1.70. The molecule has 0 bridgehead atoms. The van der Waals surface area contributed by atoms with E-state index in [1.165, 1.54) is 0 Å². The first kappa shape index (κ1) is 13.9. The van der Waals surface area contributed by atoms with Crippen molar-refractivity contribution in [1.82, 2.24) is 10.1 Å². The normalized spacial score (nSPS) is 11.7. The van der Waals surface area contributed by atoms with E-state index in [0.29, 0.717) is 29.6 Å². The summed E-state index contributed by atoms with van der Waals surface area (Å²) in [5.74, 6) is 2.02. The summed E-state index contributed by atoms with van der Waals surface area (Å²) in [7, 11) is 3.16. The monoisotopic (exact) mass is 273 g/mol. The van der Waals surface area contributed by atoms with Crippen molar-refractivity contribution in [3.63, 3.8) is 0 Å². The van der Waals surface area contributed by atoms with Crippen LogP contribution in [0.3, 0.4) is 0 Å². The Bertz CT molecular complexity index is 609. The molecule has 1 aromatic carbocycles. The van der Waals surface area contributed by atoms with Crippen LogP contribution in [-0.4, -0.2) is 24.4 Å². The second-order valence-electron chi connectivity index (χ2n) is 4.35. The molecule has 0 amide bonds. The number of benzene rings is 1. The molecule has 0 aliphatic carbocycles. The van der Waals surface area contributed by atoms with Crippen LogP contribution < -0.4 is 9.47 Å². The van der Waals surface area contributed by atoms with E-state index in [2.05, 4.69) is 16.2 Å². The van der Waals surface area contributed by atoms with E-state index in [0.717, 1.165) is 5.56 Å². The highest BCUT2D eigenvalue weighted by atomic mass is 16.5. The van der Waals surface area contributed by atoms with Gasteiger partial charge in [-0.3, -0.25) is 0 Å². The van der Waals surface area contributed by atoms with Crippen LogP contribution in [0.25, 0.3) is 11.4 Å². The first-order valence-corrected chi connectivity index (χ1v) is 6.12. The van der Waals surface area contributed by atoms with Crippen LogP contribution in [-0.2, 0) is 6.42 Å². The maximum absolute atomic E-state index is 8.78. The zero-order chi connectivity index (χ0) is 14.5. The van der Waals surface area contributed by atoms with Crippen LogP contribution in [0.5, 0.6) is 11.5 Å². The molecule has 1 aromatic heterocycles. The van der Waals surface area contributed by atoms with Crippen molar-refractivity contribution in [3.8, 4) is 29.0 Å². The molecule has 1 atom stereocenters. The molecule has 1 unspecified atom stereocenters. The number of methoxy groups -OCH3 is 2. The van der Waals surface area contributed by atoms with Crippen molar-refractivity contribution in [3.05, 3.63) is 24.1 Å². The van der Waals surface area contributed by atoms with E-state index in [1.54, 1.807) is 39.3 Å². The summed E-state index contributed by atoms with van der Waals surface area (Å²) < 4.78 is 15.5. The van der Waals surface area contributed by atoms with Crippen molar-refractivity contribution < 1.29 is 14.0 Å². The topological polar surface area (TPSA) is 81.2 Å². The largest absolute Gasteiger partial charge is 0.497 e. The third kappa shape index (κ3) is 3.06. The molecule has 20 heavy (non-hydrogen) atoms. The average Bonchev–Trinajstić information content (AvgIpc) is 2.94. The summed E-state index contributed by atoms with van der Waals surface area (Å²) in [4.78, 5) is 4.28. The lowest BCUT2D eigenvalue weighted by atomic mass is 10.1. The average molecular weight is 273 g/mol. The first-order valence-electron chi connectivity index (χ1n) is 6.12. The molecule has 0 radical (unpaired) electrons. The number of nitriles is 1. The van der Waals surface area contributed by atoms with Gasteiger partial charge in [-0.15, -0.1) is 0 Å². The number of ether oxygens (including phenoxy) is 2.